The van der Waals surface area contributed by atoms with Crippen LogP contribution in [0.15, 0.2) is 53.4 Å². The number of carbonyl (C=O) groups is 1. The lowest BCUT2D eigenvalue weighted by molar-refractivity contribution is -0.126. The van der Waals surface area contributed by atoms with Gasteiger partial charge in [-0.25, -0.2) is 8.42 Å². The largest absolute Gasteiger partial charge is 0.497 e. The standard InChI is InChI=1S/C26H35N3O4S/c1-20-8-10-24(11-9-20)34(31,32)29-16-12-21(13-17-29)26(30)27-19-25(28-14-3-4-15-28)22-6-5-7-23(18-22)33-2/h5-11,18,21,25H,3-4,12-17,19H2,1-2H3,(H,27,30). The summed E-state index contributed by atoms with van der Waals surface area (Å²) in [5.41, 5.74) is 2.16. The maximum atomic E-state index is 13.0. The van der Waals surface area contributed by atoms with Crippen molar-refractivity contribution in [3.63, 3.8) is 0 Å². The Labute approximate surface area is 203 Å². The van der Waals surface area contributed by atoms with E-state index in [0.29, 0.717) is 37.4 Å². The maximum Gasteiger partial charge on any atom is 0.243 e. The van der Waals surface area contributed by atoms with E-state index in [1.807, 2.05) is 37.3 Å². The van der Waals surface area contributed by atoms with Crippen molar-refractivity contribution in [2.45, 2.75) is 43.5 Å². The molecule has 1 amide bonds. The van der Waals surface area contributed by atoms with Gasteiger partial charge in [0.05, 0.1) is 18.0 Å². The number of hydrogen-bond acceptors (Lipinski definition) is 5. The third kappa shape index (κ3) is 5.62. The number of rotatable bonds is 8. The van der Waals surface area contributed by atoms with E-state index in [2.05, 4.69) is 16.3 Å². The molecule has 2 saturated heterocycles. The number of methoxy groups -OCH3 is 1. The molecular formula is C26H35N3O4S. The first kappa shape index (κ1) is 24.7. The lowest BCUT2D eigenvalue weighted by Gasteiger charge is -2.32. The Hall–Kier alpha value is -2.42. The summed E-state index contributed by atoms with van der Waals surface area (Å²) in [5, 5.41) is 3.17. The molecular weight excluding hydrogens is 450 g/mol. The van der Waals surface area contributed by atoms with Crippen molar-refractivity contribution >= 4 is 15.9 Å². The molecule has 2 fully saturated rings. The molecule has 2 aliphatic heterocycles. The lowest BCUT2D eigenvalue weighted by Crippen LogP contribution is -2.44. The van der Waals surface area contributed by atoms with Crippen LogP contribution in [-0.2, 0) is 14.8 Å². The fraction of sp³-hybridized carbons (Fsp3) is 0.500. The van der Waals surface area contributed by atoms with Crippen molar-refractivity contribution in [1.82, 2.24) is 14.5 Å². The highest BCUT2D eigenvalue weighted by Gasteiger charge is 2.33. The second kappa shape index (κ2) is 10.9. The first-order valence-electron chi connectivity index (χ1n) is 12.1. The monoisotopic (exact) mass is 485 g/mol. The van der Waals surface area contributed by atoms with Gasteiger partial charge in [0.25, 0.3) is 0 Å². The summed E-state index contributed by atoms with van der Waals surface area (Å²) in [7, 11) is -1.86. The van der Waals surface area contributed by atoms with E-state index in [9.17, 15) is 13.2 Å². The molecule has 4 rings (SSSR count). The van der Waals surface area contributed by atoms with E-state index < -0.39 is 10.0 Å². The van der Waals surface area contributed by atoms with Crippen LogP contribution >= 0.6 is 0 Å². The Morgan fingerprint density at radius 2 is 1.74 bits per heavy atom. The molecule has 2 aliphatic rings. The minimum Gasteiger partial charge on any atom is -0.497 e. The number of likely N-dealkylation sites (tertiary alicyclic amines) is 1. The van der Waals surface area contributed by atoms with Crippen LogP contribution in [0, 0.1) is 12.8 Å². The summed E-state index contributed by atoms with van der Waals surface area (Å²) in [5.74, 6) is 0.656. The fourth-order valence-corrected chi connectivity index (χ4v) is 6.39. The Bertz CT molecular complexity index is 1070. The van der Waals surface area contributed by atoms with E-state index >= 15 is 0 Å². The van der Waals surface area contributed by atoms with Gasteiger partial charge in [-0.1, -0.05) is 29.8 Å². The predicted octanol–water partition coefficient (Wildman–Crippen LogP) is 3.36. The molecule has 0 bridgehead atoms. The summed E-state index contributed by atoms with van der Waals surface area (Å²) >= 11 is 0. The van der Waals surface area contributed by atoms with Crippen LogP contribution in [0.25, 0.3) is 0 Å². The molecule has 0 aliphatic carbocycles. The number of aryl methyl sites for hydroxylation is 1. The highest BCUT2D eigenvalue weighted by atomic mass is 32.2. The van der Waals surface area contributed by atoms with Gasteiger partial charge in [0.1, 0.15) is 5.75 Å². The van der Waals surface area contributed by atoms with Crippen LogP contribution in [0.5, 0.6) is 5.75 Å². The number of nitrogens with one attached hydrogen (secondary N) is 1. The first-order chi connectivity index (χ1) is 16.4. The summed E-state index contributed by atoms with van der Waals surface area (Å²) in [6.07, 6.45) is 3.40. The van der Waals surface area contributed by atoms with Crippen molar-refractivity contribution in [2.75, 3.05) is 39.8 Å². The van der Waals surface area contributed by atoms with Crippen molar-refractivity contribution in [3.8, 4) is 5.75 Å². The molecule has 1 atom stereocenters. The highest BCUT2D eigenvalue weighted by molar-refractivity contribution is 7.89. The lowest BCUT2D eigenvalue weighted by atomic mass is 9.97. The topological polar surface area (TPSA) is 79.0 Å². The van der Waals surface area contributed by atoms with Gasteiger partial charge < -0.3 is 10.1 Å². The molecule has 184 valence electrons. The summed E-state index contributed by atoms with van der Waals surface area (Å²) in [6.45, 7) is 5.23. The van der Waals surface area contributed by atoms with E-state index in [4.69, 9.17) is 4.74 Å². The molecule has 0 saturated carbocycles. The number of benzene rings is 2. The van der Waals surface area contributed by atoms with Crippen LogP contribution in [0.3, 0.4) is 0 Å². The summed E-state index contributed by atoms with van der Waals surface area (Å²) in [4.78, 5) is 15.7. The van der Waals surface area contributed by atoms with Crippen molar-refractivity contribution < 1.29 is 17.9 Å². The molecule has 0 radical (unpaired) electrons. The third-order valence-electron chi connectivity index (χ3n) is 7.01. The number of nitrogens with zero attached hydrogens (tertiary/aromatic N) is 2. The Morgan fingerprint density at radius 1 is 1.06 bits per heavy atom. The zero-order valence-electron chi connectivity index (χ0n) is 20.1. The predicted molar refractivity (Wildman–Crippen MR) is 132 cm³/mol. The van der Waals surface area contributed by atoms with Crippen molar-refractivity contribution in [3.05, 3.63) is 59.7 Å². The molecule has 1 N–H and O–H groups in total. The second-order valence-corrected chi connectivity index (χ2v) is 11.2. The molecule has 2 aromatic carbocycles. The fourth-order valence-electron chi connectivity index (χ4n) is 4.92. The Balaban J connectivity index is 1.35. The molecule has 0 spiro atoms. The van der Waals surface area contributed by atoms with Crippen LogP contribution in [0.2, 0.25) is 0 Å². The SMILES string of the molecule is COc1cccc(C(CNC(=O)C2CCN(S(=O)(=O)c3ccc(C)cc3)CC2)N2CCCC2)c1. The first-order valence-corrected chi connectivity index (χ1v) is 13.5. The zero-order chi connectivity index (χ0) is 24.1. The number of piperidine rings is 1. The van der Waals surface area contributed by atoms with Gasteiger partial charge in [-0.2, -0.15) is 4.31 Å². The van der Waals surface area contributed by atoms with E-state index in [-0.39, 0.29) is 17.9 Å². The Kier molecular flexibility index (Phi) is 7.91. The Morgan fingerprint density at radius 3 is 2.38 bits per heavy atom. The van der Waals surface area contributed by atoms with E-state index in [0.717, 1.165) is 30.0 Å². The third-order valence-corrected chi connectivity index (χ3v) is 8.93. The molecule has 2 heterocycles. The normalized spacial score (nSPS) is 19.1. The number of hydrogen-bond donors (Lipinski definition) is 1. The van der Waals surface area contributed by atoms with Gasteiger partial charge in [-0.3, -0.25) is 9.69 Å². The zero-order valence-corrected chi connectivity index (χ0v) is 20.9. The van der Waals surface area contributed by atoms with Gasteiger partial charge in [-0.05, 0) is 75.5 Å². The average Bonchev–Trinajstić information content (AvgIpc) is 3.39. The van der Waals surface area contributed by atoms with E-state index in [1.165, 1.54) is 17.1 Å². The maximum absolute atomic E-state index is 13.0. The molecule has 34 heavy (non-hydrogen) atoms. The average molecular weight is 486 g/mol. The number of carbonyl (C=O) groups excluding carboxylic acids is 1. The van der Waals surface area contributed by atoms with Crippen LogP contribution < -0.4 is 10.1 Å². The highest BCUT2D eigenvalue weighted by Crippen LogP contribution is 2.28. The van der Waals surface area contributed by atoms with Gasteiger partial charge in [0, 0.05) is 25.6 Å². The van der Waals surface area contributed by atoms with Gasteiger partial charge in [-0.15, -0.1) is 0 Å². The number of ether oxygens (including phenoxy) is 1. The number of amides is 1. The smallest absolute Gasteiger partial charge is 0.243 e. The summed E-state index contributed by atoms with van der Waals surface area (Å²) < 4.78 is 32.8. The molecule has 2 aromatic rings. The second-order valence-electron chi connectivity index (χ2n) is 9.27. The van der Waals surface area contributed by atoms with Gasteiger partial charge in [0.2, 0.25) is 15.9 Å². The van der Waals surface area contributed by atoms with Crippen LogP contribution in [0.4, 0.5) is 0 Å². The number of sulfonamides is 1. The van der Waals surface area contributed by atoms with Crippen molar-refractivity contribution in [2.24, 2.45) is 5.92 Å². The van der Waals surface area contributed by atoms with Crippen LogP contribution in [-0.4, -0.2) is 63.4 Å². The minimum atomic E-state index is -3.52. The quantitative estimate of drug-likeness (QED) is 0.620. The summed E-state index contributed by atoms with van der Waals surface area (Å²) in [6, 6.07) is 15.1. The minimum absolute atomic E-state index is 0.0134. The van der Waals surface area contributed by atoms with Gasteiger partial charge in [0.15, 0.2) is 0 Å². The van der Waals surface area contributed by atoms with Crippen LogP contribution in [0.1, 0.15) is 42.9 Å². The van der Waals surface area contributed by atoms with Crippen molar-refractivity contribution in [1.29, 1.82) is 0 Å². The molecule has 1 unspecified atom stereocenters. The molecule has 7 nitrogen and oxygen atoms in total. The molecule has 0 aromatic heterocycles. The molecule has 8 heteroatoms. The van der Waals surface area contributed by atoms with E-state index in [1.54, 1.807) is 19.2 Å². The van der Waals surface area contributed by atoms with Gasteiger partial charge >= 0.3 is 0 Å².